The SMILES string of the molecule is COC(=O)COc1c(C)cc(CNCc2ccc(Cl)cc2OC)cc1C. The van der Waals surface area contributed by atoms with Crippen molar-refractivity contribution in [3.63, 3.8) is 0 Å². The molecular formula is C20H24ClNO4. The van der Waals surface area contributed by atoms with Crippen molar-refractivity contribution < 1.29 is 19.0 Å². The van der Waals surface area contributed by atoms with E-state index in [0.717, 1.165) is 33.8 Å². The Morgan fingerprint density at radius 1 is 1.08 bits per heavy atom. The summed E-state index contributed by atoms with van der Waals surface area (Å²) in [6.07, 6.45) is 0. The molecule has 0 fully saturated rings. The molecule has 0 aliphatic rings. The third kappa shape index (κ3) is 5.38. The third-order valence-corrected chi connectivity index (χ3v) is 4.21. The lowest BCUT2D eigenvalue weighted by atomic mass is 10.1. The van der Waals surface area contributed by atoms with E-state index in [1.165, 1.54) is 7.11 Å². The van der Waals surface area contributed by atoms with Gasteiger partial charge in [0, 0.05) is 23.7 Å². The predicted octanol–water partition coefficient (Wildman–Crippen LogP) is 3.81. The highest BCUT2D eigenvalue weighted by Gasteiger charge is 2.10. The van der Waals surface area contributed by atoms with Gasteiger partial charge in [-0.3, -0.25) is 0 Å². The first kappa shape index (κ1) is 20.1. The van der Waals surface area contributed by atoms with Crippen LogP contribution in [-0.4, -0.2) is 26.8 Å². The number of esters is 1. The van der Waals surface area contributed by atoms with E-state index in [0.29, 0.717) is 18.1 Å². The fraction of sp³-hybridized carbons (Fsp3) is 0.350. The standard InChI is InChI=1S/C20H24ClNO4/c1-13-7-15(8-14(2)20(13)26-12-19(23)25-4)10-22-11-16-5-6-17(21)9-18(16)24-3/h5-9,22H,10-12H2,1-4H3. The van der Waals surface area contributed by atoms with Crippen LogP contribution in [0.15, 0.2) is 30.3 Å². The molecule has 0 bridgehead atoms. The van der Waals surface area contributed by atoms with Crippen LogP contribution in [0.3, 0.4) is 0 Å². The second-order valence-corrected chi connectivity index (χ2v) is 6.42. The van der Waals surface area contributed by atoms with Gasteiger partial charge in [-0.2, -0.15) is 0 Å². The third-order valence-electron chi connectivity index (χ3n) is 3.98. The van der Waals surface area contributed by atoms with Crippen LogP contribution in [-0.2, 0) is 22.6 Å². The van der Waals surface area contributed by atoms with Crippen molar-refractivity contribution in [2.45, 2.75) is 26.9 Å². The molecule has 0 saturated heterocycles. The molecule has 140 valence electrons. The average Bonchev–Trinajstić information content (AvgIpc) is 2.61. The molecule has 0 heterocycles. The van der Waals surface area contributed by atoms with Gasteiger partial charge in [-0.25, -0.2) is 4.79 Å². The second kappa shape index (κ2) is 9.46. The van der Waals surface area contributed by atoms with Gasteiger partial charge in [-0.15, -0.1) is 0 Å². The zero-order valence-corrected chi connectivity index (χ0v) is 16.3. The van der Waals surface area contributed by atoms with Crippen LogP contribution < -0.4 is 14.8 Å². The summed E-state index contributed by atoms with van der Waals surface area (Å²) >= 11 is 5.99. The Hall–Kier alpha value is -2.24. The maximum Gasteiger partial charge on any atom is 0.343 e. The molecular weight excluding hydrogens is 354 g/mol. The molecule has 0 radical (unpaired) electrons. The zero-order chi connectivity index (χ0) is 19.1. The first-order chi connectivity index (χ1) is 12.4. The number of carbonyl (C=O) groups is 1. The number of ether oxygens (including phenoxy) is 3. The fourth-order valence-electron chi connectivity index (χ4n) is 2.77. The van der Waals surface area contributed by atoms with Crippen molar-refractivity contribution in [2.75, 3.05) is 20.8 Å². The molecule has 2 aromatic carbocycles. The summed E-state index contributed by atoms with van der Waals surface area (Å²) in [4.78, 5) is 11.2. The van der Waals surface area contributed by atoms with E-state index in [-0.39, 0.29) is 6.61 Å². The zero-order valence-electron chi connectivity index (χ0n) is 15.5. The molecule has 0 atom stereocenters. The van der Waals surface area contributed by atoms with E-state index < -0.39 is 5.97 Å². The van der Waals surface area contributed by atoms with Crippen LogP contribution in [0.4, 0.5) is 0 Å². The highest BCUT2D eigenvalue weighted by Crippen LogP contribution is 2.26. The van der Waals surface area contributed by atoms with Crippen molar-refractivity contribution in [2.24, 2.45) is 0 Å². The quantitative estimate of drug-likeness (QED) is 0.709. The van der Waals surface area contributed by atoms with Gasteiger partial charge < -0.3 is 19.5 Å². The Bertz CT molecular complexity index is 753. The van der Waals surface area contributed by atoms with E-state index >= 15 is 0 Å². The molecule has 5 nitrogen and oxygen atoms in total. The summed E-state index contributed by atoms with van der Waals surface area (Å²) in [6, 6.07) is 9.70. The Morgan fingerprint density at radius 2 is 1.77 bits per heavy atom. The molecule has 2 rings (SSSR count). The first-order valence-electron chi connectivity index (χ1n) is 8.27. The minimum atomic E-state index is -0.397. The summed E-state index contributed by atoms with van der Waals surface area (Å²) in [5, 5.41) is 4.06. The van der Waals surface area contributed by atoms with Crippen LogP contribution in [0.1, 0.15) is 22.3 Å². The summed E-state index contributed by atoms with van der Waals surface area (Å²) < 4.78 is 15.5. The van der Waals surface area contributed by atoms with E-state index in [2.05, 4.69) is 10.1 Å². The lowest BCUT2D eigenvalue weighted by Gasteiger charge is -2.14. The predicted molar refractivity (Wildman–Crippen MR) is 102 cm³/mol. The van der Waals surface area contributed by atoms with Crippen LogP contribution >= 0.6 is 11.6 Å². The van der Waals surface area contributed by atoms with Crippen molar-refractivity contribution in [3.8, 4) is 11.5 Å². The minimum Gasteiger partial charge on any atom is -0.496 e. The molecule has 2 aromatic rings. The van der Waals surface area contributed by atoms with Gasteiger partial charge in [0.1, 0.15) is 11.5 Å². The lowest BCUT2D eigenvalue weighted by Crippen LogP contribution is -2.15. The largest absolute Gasteiger partial charge is 0.496 e. The molecule has 26 heavy (non-hydrogen) atoms. The number of halogens is 1. The molecule has 0 amide bonds. The van der Waals surface area contributed by atoms with Gasteiger partial charge in [0.2, 0.25) is 0 Å². The Kier molecular flexibility index (Phi) is 7.30. The maximum absolute atomic E-state index is 11.2. The highest BCUT2D eigenvalue weighted by molar-refractivity contribution is 6.30. The van der Waals surface area contributed by atoms with Gasteiger partial charge in [0.25, 0.3) is 0 Å². The number of benzene rings is 2. The van der Waals surface area contributed by atoms with Crippen LogP contribution in [0.25, 0.3) is 0 Å². The molecule has 0 aliphatic heterocycles. The number of carbonyl (C=O) groups excluding carboxylic acids is 1. The Labute approximate surface area is 159 Å². The smallest absolute Gasteiger partial charge is 0.343 e. The summed E-state index contributed by atoms with van der Waals surface area (Å²) in [5.74, 6) is 1.09. The van der Waals surface area contributed by atoms with Crippen molar-refractivity contribution >= 4 is 17.6 Å². The molecule has 0 aliphatic carbocycles. The van der Waals surface area contributed by atoms with Gasteiger partial charge in [-0.05, 0) is 42.7 Å². The normalized spacial score (nSPS) is 10.5. The first-order valence-corrected chi connectivity index (χ1v) is 8.65. The topological polar surface area (TPSA) is 56.8 Å². The van der Waals surface area contributed by atoms with E-state index in [9.17, 15) is 4.79 Å². The van der Waals surface area contributed by atoms with Gasteiger partial charge in [0.15, 0.2) is 6.61 Å². The molecule has 6 heteroatoms. The number of nitrogens with one attached hydrogen (secondary N) is 1. The monoisotopic (exact) mass is 377 g/mol. The Balaban J connectivity index is 1.99. The summed E-state index contributed by atoms with van der Waals surface area (Å²) in [7, 11) is 2.98. The van der Waals surface area contributed by atoms with Crippen molar-refractivity contribution in [1.29, 1.82) is 0 Å². The van der Waals surface area contributed by atoms with Gasteiger partial charge in [-0.1, -0.05) is 29.8 Å². The second-order valence-electron chi connectivity index (χ2n) is 5.98. The number of methoxy groups -OCH3 is 2. The lowest BCUT2D eigenvalue weighted by molar-refractivity contribution is -0.142. The van der Waals surface area contributed by atoms with Crippen molar-refractivity contribution in [1.82, 2.24) is 5.32 Å². The van der Waals surface area contributed by atoms with Gasteiger partial charge >= 0.3 is 5.97 Å². The molecule has 0 aromatic heterocycles. The van der Waals surface area contributed by atoms with Crippen molar-refractivity contribution in [3.05, 3.63) is 57.6 Å². The van der Waals surface area contributed by atoms with E-state index in [4.69, 9.17) is 21.1 Å². The summed E-state index contributed by atoms with van der Waals surface area (Å²) in [5.41, 5.74) is 4.14. The number of rotatable bonds is 8. The number of hydrogen-bond acceptors (Lipinski definition) is 5. The molecule has 0 saturated carbocycles. The average molecular weight is 378 g/mol. The fourth-order valence-corrected chi connectivity index (χ4v) is 2.93. The Morgan fingerprint density at radius 3 is 2.38 bits per heavy atom. The summed E-state index contributed by atoms with van der Waals surface area (Å²) in [6.45, 7) is 5.20. The number of aryl methyl sites for hydroxylation is 2. The molecule has 0 unspecified atom stereocenters. The minimum absolute atomic E-state index is 0.0911. The van der Waals surface area contributed by atoms with Crippen LogP contribution in [0.5, 0.6) is 11.5 Å². The maximum atomic E-state index is 11.2. The highest BCUT2D eigenvalue weighted by atomic mass is 35.5. The van der Waals surface area contributed by atoms with Crippen LogP contribution in [0.2, 0.25) is 5.02 Å². The molecule has 0 spiro atoms. The molecule has 1 N–H and O–H groups in total. The van der Waals surface area contributed by atoms with Crippen LogP contribution in [0, 0.1) is 13.8 Å². The van der Waals surface area contributed by atoms with E-state index in [1.807, 2.05) is 38.1 Å². The number of hydrogen-bond donors (Lipinski definition) is 1. The van der Waals surface area contributed by atoms with E-state index in [1.54, 1.807) is 13.2 Å². The van der Waals surface area contributed by atoms with Gasteiger partial charge in [0.05, 0.1) is 14.2 Å².